The highest BCUT2D eigenvalue weighted by atomic mass is 32.2. The number of hydrogen-bond donors (Lipinski definition) is 2. The van der Waals surface area contributed by atoms with E-state index in [0.29, 0.717) is 5.11 Å². The molecule has 0 saturated heterocycles. The van der Waals surface area contributed by atoms with E-state index in [1.807, 2.05) is 36.0 Å². The molecule has 1 atom stereocenters. The van der Waals surface area contributed by atoms with Crippen LogP contribution < -0.4 is 10.6 Å². The third-order valence-corrected chi connectivity index (χ3v) is 4.32. The van der Waals surface area contributed by atoms with Crippen LogP contribution in [0.2, 0.25) is 0 Å². The van der Waals surface area contributed by atoms with Crippen LogP contribution in [0.3, 0.4) is 0 Å². The van der Waals surface area contributed by atoms with Gasteiger partial charge in [-0.15, -0.1) is 11.8 Å². The van der Waals surface area contributed by atoms with Crippen molar-refractivity contribution in [3.63, 3.8) is 0 Å². The number of rotatable bonds is 6. The first kappa shape index (κ1) is 15.9. The third-order valence-electron chi connectivity index (χ3n) is 3.05. The molecule has 2 aromatic rings. The van der Waals surface area contributed by atoms with E-state index >= 15 is 0 Å². The summed E-state index contributed by atoms with van der Waals surface area (Å²) in [6.07, 6.45) is 0. The molecule has 2 nitrogen and oxygen atoms in total. The molecule has 0 saturated carbocycles. The summed E-state index contributed by atoms with van der Waals surface area (Å²) in [5.41, 5.74) is 1.24. The van der Waals surface area contributed by atoms with Crippen molar-refractivity contribution in [3.05, 3.63) is 66.2 Å². The highest BCUT2D eigenvalue weighted by molar-refractivity contribution is 7.99. The molecule has 0 aliphatic carbocycles. The standard InChI is InChI=1S/C17H20N2S2/c1-14(15-8-4-2-5-9-15)19-17(20)18-12-13-21-16-10-6-3-7-11-16/h2-11,14H,12-13H2,1H3,(H2,18,19,20)/t14-/m0/s1. The van der Waals surface area contributed by atoms with Gasteiger partial charge in [0.2, 0.25) is 0 Å². The second-order valence-corrected chi connectivity index (χ2v) is 6.27. The molecule has 2 N–H and O–H groups in total. The Bertz CT molecular complexity index is 543. The lowest BCUT2D eigenvalue weighted by atomic mass is 10.1. The van der Waals surface area contributed by atoms with Gasteiger partial charge in [0.15, 0.2) is 5.11 Å². The summed E-state index contributed by atoms with van der Waals surface area (Å²) in [5.74, 6) is 0.992. The average Bonchev–Trinajstić information content (AvgIpc) is 2.53. The quantitative estimate of drug-likeness (QED) is 0.478. The first-order valence-electron chi connectivity index (χ1n) is 7.03. The molecule has 0 spiro atoms. The minimum Gasteiger partial charge on any atom is -0.362 e. The molecule has 21 heavy (non-hydrogen) atoms. The van der Waals surface area contributed by atoms with Gasteiger partial charge in [0, 0.05) is 17.2 Å². The summed E-state index contributed by atoms with van der Waals surface area (Å²) in [7, 11) is 0. The van der Waals surface area contributed by atoms with Crippen molar-refractivity contribution in [3.8, 4) is 0 Å². The molecule has 2 aromatic carbocycles. The smallest absolute Gasteiger partial charge is 0.166 e. The van der Waals surface area contributed by atoms with Gasteiger partial charge in [-0.3, -0.25) is 0 Å². The molecule has 0 unspecified atom stereocenters. The predicted molar refractivity (Wildman–Crippen MR) is 95.8 cm³/mol. The zero-order valence-electron chi connectivity index (χ0n) is 12.1. The van der Waals surface area contributed by atoms with Crippen LogP contribution in [0, 0.1) is 0 Å². The van der Waals surface area contributed by atoms with Crippen molar-refractivity contribution >= 4 is 29.1 Å². The number of hydrogen-bond acceptors (Lipinski definition) is 2. The van der Waals surface area contributed by atoms with Gasteiger partial charge >= 0.3 is 0 Å². The monoisotopic (exact) mass is 316 g/mol. The molecular formula is C17H20N2S2. The van der Waals surface area contributed by atoms with Crippen molar-refractivity contribution in [2.45, 2.75) is 17.9 Å². The molecule has 0 aliphatic rings. The Labute approximate surface area is 136 Å². The van der Waals surface area contributed by atoms with E-state index in [4.69, 9.17) is 12.2 Å². The Morgan fingerprint density at radius 1 is 1.05 bits per heavy atom. The van der Waals surface area contributed by atoms with Crippen molar-refractivity contribution in [2.24, 2.45) is 0 Å². The highest BCUT2D eigenvalue weighted by Gasteiger charge is 2.05. The van der Waals surface area contributed by atoms with Crippen LogP contribution in [0.4, 0.5) is 0 Å². The van der Waals surface area contributed by atoms with E-state index in [0.717, 1.165) is 12.3 Å². The van der Waals surface area contributed by atoms with E-state index in [2.05, 4.69) is 54.0 Å². The van der Waals surface area contributed by atoms with E-state index in [-0.39, 0.29) is 6.04 Å². The van der Waals surface area contributed by atoms with Crippen molar-refractivity contribution in [1.29, 1.82) is 0 Å². The van der Waals surface area contributed by atoms with Crippen LogP contribution in [0.25, 0.3) is 0 Å². The van der Waals surface area contributed by atoms with E-state index < -0.39 is 0 Å². The van der Waals surface area contributed by atoms with Crippen LogP contribution in [-0.2, 0) is 0 Å². The molecule has 0 fully saturated rings. The molecule has 0 heterocycles. The lowest BCUT2D eigenvalue weighted by molar-refractivity contribution is 0.703. The fraction of sp³-hybridized carbons (Fsp3) is 0.235. The summed E-state index contributed by atoms with van der Waals surface area (Å²) in [5, 5.41) is 7.27. The Morgan fingerprint density at radius 3 is 2.33 bits per heavy atom. The topological polar surface area (TPSA) is 24.1 Å². The zero-order chi connectivity index (χ0) is 14.9. The summed E-state index contributed by atoms with van der Waals surface area (Å²) in [6.45, 7) is 2.97. The lowest BCUT2D eigenvalue weighted by Crippen LogP contribution is -2.37. The highest BCUT2D eigenvalue weighted by Crippen LogP contribution is 2.15. The summed E-state index contributed by atoms with van der Waals surface area (Å²) < 4.78 is 0. The Kier molecular flexibility index (Phi) is 6.57. The summed E-state index contributed by atoms with van der Waals surface area (Å²) in [6, 6.07) is 20.9. The molecule has 0 amide bonds. The van der Waals surface area contributed by atoms with Gasteiger partial charge in [0.05, 0.1) is 6.04 Å². The van der Waals surface area contributed by atoms with Gasteiger partial charge in [0.1, 0.15) is 0 Å². The van der Waals surface area contributed by atoms with Crippen LogP contribution in [0.5, 0.6) is 0 Å². The number of thioether (sulfide) groups is 1. The Balaban J connectivity index is 1.66. The minimum atomic E-state index is 0.216. The average molecular weight is 316 g/mol. The largest absolute Gasteiger partial charge is 0.362 e. The minimum absolute atomic E-state index is 0.216. The third kappa shape index (κ3) is 5.78. The molecule has 0 aliphatic heterocycles. The molecule has 0 bridgehead atoms. The van der Waals surface area contributed by atoms with Crippen LogP contribution in [0.15, 0.2) is 65.6 Å². The maximum atomic E-state index is 5.33. The van der Waals surface area contributed by atoms with Crippen LogP contribution >= 0.6 is 24.0 Å². The second kappa shape index (κ2) is 8.70. The Hall–Kier alpha value is -1.52. The van der Waals surface area contributed by atoms with Gasteiger partial charge in [-0.2, -0.15) is 0 Å². The van der Waals surface area contributed by atoms with Crippen molar-refractivity contribution in [1.82, 2.24) is 10.6 Å². The van der Waals surface area contributed by atoms with Gasteiger partial charge in [-0.25, -0.2) is 0 Å². The number of benzene rings is 2. The molecule has 110 valence electrons. The first-order chi connectivity index (χ1) is 10.3. The fourth-order valence-electron chi connectivity index (χ4n) is 1.92. The van der Waals surface area contributed by atoms with Crippen molar-refractivity contribution < 1.29 is 0 Å². The molecular weight excluding hydrogens is 296 g/mol. The second-order valence-electron chi connectivity index (χ2n) is 4.69. The first-order valence-corrected chi connectivity index (χ1v) is 8.42. The molecule has 0 radical (unpaired) electrons. The molecule has 2 rings (SSSR count). The maximum absolute atomic E-state index is 5.33. The van der Waals surface area contributed by atoms with Gasteiger partial charge in [-0.05, 0) is 36.8 Å². The molecule has 4 heteroatoms. The van der Waals surface area contributed by atoms with Gasteiger partial charge in [0.25, 0.3) is 0 Å². The number of nitrogens with one attached hydrogen (secondary N) is 2. The lowest BCUT2D eigenvalue weighted by Gasteiger charge is -2.17. The van der Waals surface area contributed by atoms with E-state index in [1.54, 1.807) is 0 Å². The van der Waals surface area contributed by atoms with E-state index in [9.17, 15) is 0 Å². The van der Waals surface area contributed by atoms with E-state index in [1.165, 1.54) is 10.5 Å². The van der Waals surface area contributed by atoms with Crippen LogP contribution in [-0.4, -0.2) is 17.4 Å². The van der Waals surface area contributed by atoms with Gasteiger partial charge < -0.3 is 10.6 Å². The number of thiocarbonyl (C=S) groups is 1. The molecule has 0 aromatic heterocycles. The maximum Gasteiger partial charge on any atom is 0.166 e. The normalized spacial score (nSPS) is 11.7. The SMILES string of the molecule is C[C@H](NC(=S)NCCSc1ccccc1)c1ccccc1. The van der Waals surface area contributed by atoms with Crippen molar-refractivity contribution in [2.75, 3.05) is 12.3 Å². The summed E-state index contributed by atoms with van der Waals surface area (Å²) in [4.78, 5) is 1.29. The summed E-state index contributed by atoms with van der Waals surface area (Å²) >= 11 is 7.16. The van der Waals surface area contributed by atoms with Gasteiger partial charge in [-0.1, -0.05) is 48.5 Å². The van der Waals surface area contributed by atoms with Crippen LogP contribution in [0.1, 0.15) is 18.5 Å². The predicted octanol–water partition coefficient (Wildman–Crippen LogP) is 4.00. The zero-order valence-corrected chi connectivity index (χ0v) is 13.7. The fourth-order valence-corrected chi connectivity index (χ4v) is 2.99. The Morgan fingerprint density at radius 2 is 1.67 bits per heavy atom.